The number of hydrogen-bond donors (Lipinski definition) is 1. The van der Waals surface area contributed by atoms with Gasteiger partial charge in [0.15, 0.2) is 5.82 Å². The molecule has 2 aromatic heterocycles. The zero-order valence-electron chi connectivity index (χ0n) is 13.4. The molecule has 0 aliphatic rings. The molecule has 0 aliphatic heterocycles. The molecule has 0 amide bonds. The largest absolute Gasteiger partial charge is 0.473 e. The van der Waals surface area contributed by atoms with E-state index >= 15 is 0 Å². The number of hydrogen-bond acceptors (Lipinski definition) is 5. The smallest absolute Gasteiger partial charge is 0.282 e. The maximum atomic E-state index is 13.7. The van der Waals surface area contributed by atoms with Crippen LogP contribution in [0.25, 0.3) is 0 Å². The van der Waals surface area contributed by atoms with Crippen molar-refractivity contribution in [2.45, 2.75) is 32.7 Å². The first-order chi connectivity index (χ1) is 11.8. The van der Waals surface area contributed by atoms with Gasteiger partial charge in [0.2, 0.25) is 0 Å². The minimum Gasteiger partial charge on any atom is -0.473 e. The number of ether oxygens (including phenoxy) is 1. The van der Waals surface area contributed by atoms with Crippen molar-refractivity contribution in [3.8, 4) is 5.88 Å². The number of pyridine rings is 1. The summed E-state index contributed by atoms with van der Waals surface area (Å²) in [5, 5.41) is 2.81. The molecule has 25 heavy (non-hydrogen) atoms. The number of rotatable bonds is 7. The normalized spacial score (nSPS) is 12.3. The molecule has 0 fully saturated rings. The maximum Gasteiger partial charge on any atom is 0.282 e. The predicted molar refractivity (Wildman–Crippen MR) is 89.1 cm³/mol. The van der Waals surface area contributed by atoms with Crippen molar-refractivity contribution in [3.05, 3.63) is 39.6 Å². The van der Waals surface area contributed by atoms with Gasteiger partial charge in [0.1, 0.15) is 29.0 Å². The molecule has 2 aromatic rings. The molecule has 2 heterocycles. The fourth-order valence-corrected chi connectivity index (χ4v) is 2.33. The quantitative estimate of drug-likeness (QED) is 0.728. The molecule has 1 atom stereocenters. The minimum atomic E-state index is -2.82. The van der Waals surface area contributed by atoms with E-state index in [2.05, 4.69) is 20.3 Å². The van der Waals surface area contributed by atoms with Crippen LogP contribution in [0.2, 0.25) is 10.0 Å². The third-order valence-corrected chi connectivity index (χ3v) is 3.80. The second kappa shape index (κ2) is 8.53. The molecule has 0 spiro atoms. The van der Waals surface area contributed by atoms with Gasteiger partial charge in [-0.1, -0.05) is 30.1 Å². The van der Waals surface area contributed by atoms with E-state index in [0.29, 0.717) is 6.42 Å². The van der Waals surface area contributed by atoms with E-state index in [4.69, 9.17) is 27.9 Å². The summed E-state index contributed by atoms with van der Waals surface area (Å²) in [6.45, 7) is 3.34. The average Bonchev–Trinajstić information content (AvgIpc) is 2.55. The zero-order chi connectivity index (χ0) is 18.6. The van der Waals surface area contributed by atoms with Crippen molar-refractivity contribution < 1.29 is 17.9 Å². The lowest BCUT2D eigenvalue weighted by Gasteiger charge is -2.19. The van der Waals surface area contributed by atoms with E-state index in [1.807, 2.05) is 6.92 Å². The first-order valence-corrected chi connectivity index (χ1v) is 8.10. The van der Waals surface area contributed by atoms with Gasteiger partial charge in [-0.3, -0.25) is 0 Å². The van der Waals surface area contributed by atoms with Crippen LogP contribution in [0.5, 0.6) is 5.88 Å². The summed E-state index contributed by atoms with van der Waals surface area (Å²) in [6.07, 6.45) is -1.02. The van der Waals surface area contributed by atoms with Crippen LogP contribution in [0.4, 0.5) is 19.0 Å². The van der Waals surface area contributed by atoms with E-state index in [1.165, 1.54) is 13.1 Å². The molecule has 136 valence electrons. The van der Waals surface area contributed by atoms with Crippen LogP contribution >= 0.6 is 23.2 Å². The third kappa shape index (κ3) is 5.09. The topological polar surface area (TPSA) is 59.9 Å². The van der Waals surface area contributed by atoms with Gasteiger partial charge in [0.05, 0.1) is 11.1 Å². The highest BCUT2D eigenvalue weighted by Crippen LogP contribution is 2.30. The second-order valence-corrected chi connectivity index (χ2v) is 5.93. The summed E-state index contributed by atoms with van der Waals surface area (Å²) in [7, 11) is 0. The summed E-state index contributed by atoms with van der Waals surface area (Å²) in [5.74, 6) is -0.672. The summed E-state index contributed by atoms with van der Waals surface area (Å²) < 4.78 is 44.9. The number of alkyl halides is 2. The van der Waals surface area contributed by atoms with Gasteiger partial charge in [-0.25, -0.2) is 28.1 Å². The number of anilines is 1. The summed E-state index contributed by atoms with van der Waals surface area (Å²) in [5.41, 5.74) is -0.544. The molecular weight excluding hydrogens is 380 g/mol. The van der Waals surface area contributed by atoms with Crippen LogP contribution in [-0.4, -0.2) is 27.6 Å². The second-order valence-electron chi connectivity index (χ2n) is 5.12. The number of nitrogens with one attached hydrogen (secondary N) is 1. The first kappa shape index (κ1) is 19.5. The van der Waals surface area contributed by atoms with Gasteiger partial charge >= 0.3 is 0 Å². The Morgan fingerprint density at radius 2 is 2.00 bits per heavy atom. The van der Waals surface area contributed by atoms with Crippen molar-refractivity contribution >= 4 is 29.0 Å². The fourth-order valence-electron chi connectivity index (χ4n) is 1.96. The lowest BCUT2D eigenvalue weighted by atomic mass is 10.2. The standard InChI is InChI=1S/C15H15Cl2F3N4O/c1-3-9(6-25-15-10(18)4-8(16)5-21-15)24-14-11(17)12(13(19)20)22-7(2)23-14/h4-5,9,13H,3,6H2,1-2H3,(H,22,23,24)/t9-/m0/s1. The molecular formula is C15H15Cl2F3N4O. The fraction of sp³-hybridized carbons (Fsp3) is 0.400. The monoisotopic (exact) mass is 394 g/mol. The Balaban J connectivity index is 2.12. The van der Waals surface area contributed by atoms with Crippen molar-refractivity contribution in [1.82, 2.24) is 15.0 Å². The van der Waals surface area contributed by atoms with E-state index < -0.39 is 17.9 Å². The zero-order valence-corrected chi connectivity index (χ0v) is 14.9. The van der Waals surface area contributed by atoms with Gasteiger partial charge < -0.3 is 10.1 Å². The predicted octanol–water partition coefficient (Wildman–Crippen LogP) is 4.83. The van der Waals surface area contributed by atoms with Crippen LogP contribution in [-0.2, 0) is 0 Å². The lowest BCUT2D eigenvalue weighted by Crippen LogP contribution is -2.27. The van der Waals surface area contributed by atoms with Crippen molar-refractivity contribution in [3.63, 3.8) is 0 Å². The number of halogens is 5. The Morgan fingerprint density at radius 3 is 2.60 bits per heavy atom. The van der Waals surface area contributed by atoms with Gasteiger partial charge in [0, 0.05) is 6.20 Å². The van der Waals surface area contributed by atoms with Crippen molar-refractivity contribution in [1.29, 1.82) is 0 Å². The van der Waals surface area contributed by atoms with Gasteiger partial charge in [0.25, 0.3) is 12.3 Å². The van der Waals surface area contributed by atoms with Gasteiger partial charge in [-0.05, 0) is 19.4 Å². The average molecular weight is 395 g/mol. The molecule has 5 nitrogen and oxygen atoms in total. The lowest BCUT2D eigenvalue weighted by molar-refractivity contribution is 0.146. The third-order valence-electron chi connectivity index (χ3n) is 3.22. The molecule has 0 aromatic carbocycles. The molecule has 1 N–H and O–H groups in total. The van der Waals surface area contributed by atoms with Crippen molar-refractivity contribution in [2.24, 2.45) is 0 Å². The number of aryl methyl sites for hydroxylation is 1. The number of aromatic nitrogens is 3. The Bertz CT molecular complexity index is 749. The molecule has 10 heteroatoms. The molecule has 0 unspecified atom stereocenters. The molecule has 0 radical (unpaired) electrons. The highest BCUT2D eigenvalue weighted by atomic mass is 35.5. The van der Waals surface area contributed by atoms with Crippen LogP contribution in [0, 0.1) is 12.7 Å². The van der Waals surface area contributed by atoms with E-state index in [-0.39, 0.29) is 40.2 Å². The molecule has 2 rings (SSSR count). The van der Waals surface area contributed by atoms with Crippen LogP contribution in [0.3, 0.4) is 0 Å². The minimum absolute atomic E-state index is 0.0193. The summed E-state index contributed by atoms with van der Waals surface area (Å²) in [4.78, 5) is 11.4. The first-order valence-electron chi connectivity index (χ1n) is 7.34. The van der Waals surface area contributed by atoms with Crippen LogP contribution in [0.1, 0.15) is 31.3 Å². The van der Waals surface area contributed by atoms with Crippen LogP contribution < -0.4 is 10.1 Å². The molecule has 0 bridgehead atoms. The summed E-state index contributed by atoms with van der Waals surface area (Å²) >= 11 is 11.6. The van der Waals surface area contributed by atoms with Crippen molar-refractivity contribution in [2.75, 3.05) is 11.9 Å². The number of nitrogens with zero attached hydrogens (tertiary/aromatic N) is 3. The highest BCUT2D eigenvalue weighted by Gasteiger charge is 2.21. The van der Waals surface area contributed by atoms with E-state index in [9.17, 15) is 13.2 Å². The van der Waals surface area contributed by atoms with E-state index in [0.717, 1.165) is 6.07 Å². The van der Waals surface area contributed by atoms with E-state index in [1.54, 1.807) is 0 Å². The molecule has 0 saturated carbocycles. The molecule has 0 saturated heterocycles. The van der Waals surface area contributed by atoms with Gasteiger partial charge in [-0.15, -0.1) is 0 Å². The Kier molecular flexibility index (Phi) is 6.66. The Hall–Kier alpha value is -1.80. The summed E-state index contributed by atoms with van der Waals surface area (Å²) in [6, 6.07) is 0.715. The van der Waals surface area contributed by atoms with Gasteiger partial charge in [-0.2, -0.15) is 0 Å². The Labute approximate surface area is 152 Å². The highest BCUT2D eigenvalue weighted by molar-refractivity contribution is 6.33. The SMILES string of the molecule is CC[C@@H](COc1ncc(Cl)cc1F)Nc1nc(C)nc(C(F)F)c1Cl. The molecule has 0 aliphatic carbocycles. The Morgan fingerprint density at radius 1 is 1.28 bits per heavy atom. The maximum absolute atomic E-state index is 13.7. The van der Waals surface area contributed by atoms with Crippen LogP contribution in [0.15, 0.2) is 12.3 Å².